The van der Waals surface area contributed by atoms with E-state index in [2.05, 4.69) is 96.3 Å². The maximum Gasteiger partial charge on any atom is 0.0963 e. The predicted molar refractivity (Wildman–Crippen MR) is 182 cm³/mol. The third kappa shape index (κ3) is 7.82. The second-order valence-electron chi connectivity index (χ2n) is 13.0. The smallest absolute Gasteiger partial charge is 0.0963 e. The van der Waals surface area contributed by atoms with Gasteiger partial charge in [0.25, 0.3) is 0 Å². The lowest BCUT2D eigenvalue weighted by Crippen LogP contribution is -2.25. The van der Waals surface area contributed by atoms with E-state index in [1.54, 1.807) is 0 Å². The fourth-order valence-corrected chi connectivity index (χ4v) is 6.74. The Morgan fingerprint density at radius 1 is 0.762 bits per heavy atom. The predicted octanol–water partition coefficient (Wildman–Crippen LogP) is 11.2. The molecule has 1 heterocycles. The Bertz CT molecular complexity index is 1200. The maximum absolute atomic E-state index is 6.25. The number of fused-ring (bicyclic) bond motifs is 1. The van der Waals surface area contributed by atoms with Crippen LogP contribution in [0.2, 0.25) is 0 Å². The Morgan fingerprint density at radius 2 is 1.29 bits per heavy atom. The van der Waals surface area contributed by atoms with Crippen LogP contribution in [0.3, 0.4) is 0 Å². The molecule has 1 atom stereocenters. The minimum absolute atomic E-state index is 0.528. The van der Waals surface area contributed by atoms with Gasteiger partial charge in [-0.3, -0.25) is 0 Å². The molecular weight excluding hydrogens is 514 g/mol. The largest absolute Gasteiger partial charge is 0.498 e. The fourth-order valence-electron chi connectivity index (χ4n) is 6.74. The minimum Gasteiger partial charge on any atom is -0.498 e. The third-order valence-electron chi connectivity index (χ3n) is 9.76. The SMILES string of the molecule is CC=C1c2c(C3=CC=C(OCC(CC)CC)CC3)ccc(C3=CC=C(OCC(CC)CC)CC3)c2NCC1CC(C)C. The molecule has 3 heteroatoms. The van der Waals surface area contributed by atoms with E-state index in [0.717, 1.165) is 57.0 Å². The molecule has 1 aromatic carbocycles. The molecule has 0 spiro atoms. The molecule has 0 bridgehead atoms. The molecule has 2 aliphatic carbocycles. The van der Waals surface area contributed by atoms with E-state index in [-0.39, 0.29) is 0 Å². The molecule has 1 aliphatic heterocycles. The van der Waals surface area contributed by atoms with Gasteiger partial charge in [-0.05, 0) is 78.4 Å². The van der Waals surface area contributed by atoms with Gasteiger partial charge in [-0.15, -0.1) is 0 Å². The molecule has 0 saturated carbocycles. The lowest BCUT2D eigenvalue weighted by molar-refractivity contribution is 0.152. The second kappa shape index (κ2) is 15.7. The minimum atomic E-state index is 0.528. The summed E-state index contributed by atoms with van der Waals surface area (Å²) in [6.45, 7) is 18.7. The average Bonchev–Trinajstić information content (AvgIpc) is 3.02. The van der Waals surface area contributed by atoms with Crippen LogP contribution < -0.4 is 5.32 Å². The number of ether oxygens (including phenoxy) is 2. The summed E-state index contributed by atoms with van der Waals surface area (Å²) in [5.74, 6) is 4.76. The summed E-state index contributed by atoms with van der Waals surface area (Å²) < 4.78 is 12.5. The monoisotopic (exact) mass is 571 g/mol. The quantitative estimate of drug-likeness (QED) is 0.241. The highest BCUT2D eigenvalue weighted by atomic mass is 16.5. The Kier molecular flexibility index (Phi) is 12.0. The van der Waals surface area contributed by atoms with E-state index in [9.17, 15) is 0 Å². The summed E-state index contributed by atoms with van der Waals surface area (Å²) in [5, 5.41) is 3.95. The Hall–Kier alpha value is -2.68. The summed E-state index contributed by atoms with van der Waals surface area (Å²) in [6.07, 6.45) is 21.4. The van der Waals surface area contributed by atoms with E-state index in [1.807, 2.05) is 0 Å². The first kappa shape index (κ1) is 32.2. The molecule has 1 N–H and O–H groups in total. The number of hydrogen-bond acceptors (Lipinski definition) is 3. The van der Waals surface area contributed by atoms with E-state index < -0.39 is 0 Å². The normalized spacial score (nSPS) is 19.8. The van der Waals surface area contributed by atoms with Gasteiger partial charge in [-0.2, -0.15) is 0 Å². The zero-order chi connectivity index (χ0) is 30.1. The summed E-state index contributed by atoms with van der Waals surface area (Å²) in [4.78, 5) is 0. The molecule has 3 nitrogen and oxygen atoms in total. The second-order valence-corrected chi connectivity index (χ2v) is 13.0. The van der Waals surface area contributed by atoms with Gasteiger partial charge >= 0.3 is 0 Å². The first-order valence-corrected chi connectivity index (χ1v) is 17.0. The molecule has 1 unspecified atom stereocenters. The van der Waals surface area contributed by atoms with Crippen molar-refractivity contribution in [1.29, 1.82) is 0 Å². The molecule has 42 heavy (non-hydrogen) atoms. The number of nitrogens with one attached hydrogen (secondary N) is 1. The zero-order valence-corrected chi connectivity index (χ0v) is 27.7. The standard InChI is InChI=1S/C39H57NO2/c1-8-28(9-2)25-41-33-17-13-30(14-18-33)36-21-22-37(31-15-19-34(20-16-31)42-26-29(10-3)11-4)39-38(36)35(12-5)32(24-40-39)23-27(6)7/h12-13,15,17,19,21-22,27-29,32,40H,8-11,14,16,18,20,23-26H2,1-7H3. The molecule has 0 saturated heterocycles. The van der Waals surface area contributed by atoms with E-state index in [0.29, 0.717) is 23.7 Å². The van der Waals surface area contributed by atoms with Crippen LogP contribution in [0.4, 0.5) is 5.69 Å². The van der Waals surface area contributed by atoms with Gasteiger partial charge in [0.2, 0.25) is 0 Å². The van der Waals surface area contributed by atoms with Crippen LogP contribution in [-0.2, 0) is 9.47 Å². The van der Waals surface area contributed by atoms with Crippen molar-refractivity contribution >= 4 is 22.4 Å². The van der Waals surface area contributed by atoms with Crippen LogP contribution >= 0.6 is 0 Å². The van der Waals surface area contributed by atoms with Crippen LogP contribution in [-0.4, -0.2) is 19.8 Å². The zero-order valence-electron chi connectivity index (χ0n) is 27.7. The van der Waals surface area contributed by atoms with Crippen molar-refractivity contribution in [2.24, 2.45) is 23.7 Å². The van der Waals surface area contributed by atoms with Crippen molar-refractivity contribution in [3.8, 4) is 0 Å². The molecule has 0 fully saturated rings. The van der Waals surface area contributed by atoms with Crippen molar-refractivity contribution in [1.82, 2.24) is 0 Å². The first-order valence-electron chi connectivity index (χ1n) is 17.0. The van der Waals surface area contributed by atoms with Crippen LogP contribution in [0.5, 0.6) is 0 Å². The van der Waals surface area contributed by atoms with E-state index in [4.69, 9.17) is 9.47 Å². The van der Waals surface area contributed by atoms with Crippen LogP contribution in [0, 0.1) is 23.7 Å². The number of benzene rings is 1. The summed E-state index contributed by atoms with van der Waals surface area (Å²) in [6, 6.07) is 4.77. The molecule has 0 radical (unpaired) electrons. The Balaban J connectivity index is 1.66. The lowest BCUT2D eigenvalue weighted by Gasteiger charge is -2.35. The van der Waals surface area contributed by atoms with Gasteiger partial charge in [-0.25, -0.2) is 0 Å². The van der Waals surface area contributed by atoms with Gasteiger partial charge in [0.15, 0.2) is 0 Å². The molecule has 1 aromatic rings. The Labute approximate surface area is 257 Å². The van der Waals surface area contributed by atoms with Gasteiger partial charge in [0, 0.05) is 42.1 Å². The lowest BCUT2D eigenvalue weighted by atomic mass is 9.76. The van der Waals surface area contributed by atoms with E-state index >= 15 is 0 Å². The number of hydrogen-bond donors (Lipinski definition) is 1. The maximum atomic E-state index is 6.25. The van der Waals surface area contributed by atoms with Crippen molar-refractivity contribution in [2.45, 2.75) is 106 Å². The van der Waals surface area contributed by atoms with Gasteiger partial charge in [0.05, 0.1) is 24.7 Å². The molecule has 230 valence electrons. The van der Waals surface area contributed by atoms with Crippen molar-refractivity contribution in [2.75, 3.05) is 25.1 Å². The summed E-state index contributed by atoms with van der Waals surface area (Å²) in [7, 11) is 0. The molecule has 3 aliphatic rings. The number of rotatable bonds is 14. The molecular formula is C39H57NO2. The van der Waals surface area contributed by atoms with Crippen molar-refractivity contribution < 1.29 is 9.47 Å². The third-order valence-corrected chi connectivity index (χ3v) is 9.76. The highest BCUT2D eigenvalue weighted by Crippen LogP contribution is 2.47. The van der Waals surface area contributed by atoms with Gasteiger partial charge in [0.1, 0.15) is 0 Å². The van der Waals surface area contributed by atoms with Gasteiger partial charge < -0.3 is 14.8 Å². The molecule has 4 rings (SSSR count). The highest BCUT2D eigenvalue weighted by Gasteiger charge is 2.30. The van der Waals surface area contributed by atoms with Crippen LogP contribution in [0.25, 0.3) is 16.7 Å². The highest BCUT2D eigenvalue weighted by molar-refractivity contribution is 5.95. The van der Waals surface area contributed by atoms with Crippen LogP contribution in [0.15, 0.2) is 54.0 Å². The molecule has 0 aromatic heterocycles. The van der Waals surface area contributed by atoms with E-state index in [1.165, 1.54) is 71.2 Å². The summed E-state index contributed by atoms with van der Waals surface area (Å²) >= 11 is 0. The summed E-state index contributed by atoms with van der Waals surface area (Å²) in [5.41, 5.74) is 9.83. The average molecular weight is 572 g/mol. The van der Waals surface area contributed by atoms with Crippen LogP contribution in [0.1, 0.15) is 123 Å². The number of anilines is 1. The van der Waals surface area contributed by atoms with Crippen molar-refractivity contribution in [3.63, 3.8) is 0 Å². The van der Waals surface area contributed by atoms with Gasteiger partial charge in [-0.1, -0.05) is 97.6 Å². The topological polar surface area (TPSA) is 30.5 Å². The van der Waals surface area contributed by atoms with Crippen molar-refractivity contribution in [3.05, 3.63) is 70.7 Å². The Morgan fingerprint density at radius 3 is 1.74 bits per heavy atom. The number of allylic oxidation sites excluding steroid dienone is 9. The fraction of sp³-hybridized carbons (Fsp3) is 0.590. The first-order chi connectivity index (χ1) is 20.4. The molecule has 0 amide bonds.